The van der Waals surface area contributed by atoms with Crippen LogP contribution < -0.4 is 10.2 Å². The van der Waals surface area contributed by atoms with E-state index in [1.54, 1.807) is 25.1 Å². The van der Waals surface area contributed by atoms with Gasteiger partial charge in [-0.15, -0.1) is 0 Å². The van der Waals surface area contributed by atoms with Crippen LogP contribution >= 0.6 is 0 Å². The Morgan fingerprint density at radius 1 is 1.17 bits per heavy atom. The van der Waals surface area contributed by atoms with Gasteiger partial charge in [0.25, 0.3) is 5.91 Å². The Balaban J connectivity index is 1.76. The summed E-state index contributed by atoms with van der Waals surface area (Å²) in [6, 6.07) is 11.7. The SMILES string of the molecule is CC1CC(=O)N(c2ccc(C(=O)Nc3cccc(F)c3)cc2)C1=O. The smallest absolute Gasteiger partial charge is 0.255 e. The van der Waals surface area contributed by atoms with E-state index >= 15 is 0 Å². The predicted octanol–water partition coefficient (Wildman–Crippen LogP) is 2.98. The molecule has 6 heteroatoms. The number of nitrogens with zero attached hydrogens (tertiary/aromatic N) is 1. The van der Waals surface area contributed by atoms with Crippen molar-refractivity contribution in [1.29, 1.82) is 0 Å². The second-order valence-electron chi connectivity index (χ2n) is 5.68. The van der Waals surface area contributed by atoms with Crippen molar-refractivity contribution in [3.05, 3.63) is 59.9 Å². The molecular weight excluding hydrogens is 311 g/mol. The van der Waals surface area contributed by atoms with Crippen molar-refractivity contribution in [3.63, 3.8) is 0 Å². The minimum Gasteiger partial charge on any atom is -0.322 e. The van der Waals surface area contributed by atoms with E-state index < -0.39 is 11.7 Å². The number of nitrogens with one attached hydrogen (secondary N) is 1. The lowest BCUT2D eigenvalue weighted by atomic mass is 10.1. The molecule has 0 aromatic heterocycles. The topological polar surface area (TPSA) is 66.5 Å². The van der Waals surface area contributed by atoms with Crippen LogP contribution in [0.15, 0.2) is 48.5 Å². The van der Waals surface area contributed by atoms with Crippen molar-refractivity contribution < 1.29 is 18.8 Å². The molecule has 1 atom stereocenters. The third-order valence-corrected chi connectivity index (χ3v) is 3.84. The van der Waals surface area contributed by atoms with Crippen LogP contribution in [0.5, 0.6) is 0 Å². The Kier molecular flexibility index (Phi) is 4.12. The molecule has 0 aliphatic carbocycles. The first-order valence-corrected chi connectivity index (χ1v) is 7.49. The maximum atomic E-state index is 13.1. The minimum absolute atomic E-state index is 0.195. The number of amides is 3. The molecule has 1 aliphatic rings. The average molecular weight is 326 g/mol. The molecule has 0 bridgehead atoms. The lowest BCUT2D eigenvalue weighted by Crippen LogP contribution is -2.30. The molecule has 5 nitrogen and oxygen atoms in total. The van der Waals surface area contributed by atoms with Gasteiger partial charge in [0.05, 0.1) is 5.69 Å². The molecule has 122 valence electrons. The van der Waals surface area contributed by atoms with Crippen molar-refractivity contribution in [2.45, 2.75) is 13.3 Å². The van der Waals surface area contributed by atoms with Crippen molar-refractivity contribution in [1.82, 2.24) is 0 Å². The van der Waals surface area contributed by atoms with E-state index in [2.05, 4.69) is 5.32 Å². The summed E-state index contributed by atoms with van der Waals surface area (Å²) in [6.45, 7) is 1.71. The Morgan fingerprint density at radius 3 is 2.46 bits per heavy atom. The summed E-state index contributed by atoms with van der Waals surface area (Å²) in [4.78, 5) is 37.2. The minimum atomic E-state index is -0.441. The summed E-state index contributed by atoms with van der Waals surface area (Å²) >= 11 is 0. The van der Waals surface area contributed by atoms with Gasteiger partial charge in [0.15, 0.2) is 0 Å². The maximum Gasteiger partial charge on any atom is 0.255 e. The molecular formula is C18H15FN2O3. The first kappa shape index (κ1) is 15.9. The highest BCUT2D eigenvalue weighted by atomic mass is 19.1. The van der Waals surface area contributed by atoms with Crippen LogP contribution in [0.4, 0.5) is 15.8 Å². The molecule has 1 fully saturated rings. The fourth-order valence-electron chi connectivity index (χ4n) is 2.59. The molecule has 1 heterocycles. The number of benzene rings is 2. The number of carbonyl (C=O) groups is 3. The van der Waals surface area contributed by atoms with E-state index in [0.717, 1.165) is 4.90 Å². The van der Waals surface area contributed by atoms with E-state index in [0.29, 0.717) is 16.9 Å². The fourth-order valence-corrected chi connectivity index (χ4v) is 2.59. The molecule has 1 saturated heterocycles. The normalized spacial score (nSPS) is 17.2. The number of imide groups is 1. The summed E-state index contributed by atoms with van der Waals surface area (Å²) < 4.78 is 13.1. The zero-order valence-electron chi connectivity index (χ0n) is 13.0. The fraction of sp³-hybridized carbons (Fsp3) is 0.167. The molecule has 0 radical (unpaired) electrons. The summed E-state index contributed by atoms with van der Waals surface area (Å²) in [7, 11) is 0. The van der Waals surface area contributed by atoms with Gasteiger partial charge >= 0.3 is 0 Å². The van der Waals surface area contributed by atoms with Gasteiger partial charge < -0.3 is 5.32 Å². The van der Waals surface area contributed by atoms with Crippen LogP contribution in [0.1, 0.15) is 23.7 Å². The van der Waals surface area contributed by atoms with Gasteiger partial charge in [0, 0.05) is 23.6 Å². The quantitative estimate of drug-likeness (QED) is 0.882. The van der Waals surface area contributed by atoms with Crippen molar-refractivity contribution in [3.8, 4) is 0 Å². The number of anilines is 2. The molecule has 3 amide bonds. The van der Waals surface area contributed by atoms with Gasteiger partial charge in [0.1, 0.15) is 5.82 Å². The Morgan fingerprint density at radius 2 is 1.88 bits per heavy atom. The number of rotatable bonds is 3. The summed E-state index contributed by atoms with van der Waals surface area (Å²) in [5.74, 6) is -1.65. The molecule has 2 aromatic carbocycles. The van der Waals surface area contributed by atoms with Crippen molar-refractivity contribution in [2.24, 2.45) is 5.92 Å². The summed E-state index contributed by atoms with van der Waals surface area (Å²) in [6.07, 6.45) is 0.195. The molecule has 1 N–H and O–H groups in total. The van der Waals surface area contributed by atoms with Crippen molar-refractivity contribution in [2.75, 3.05) is 10.2 Å². The van der Waals surface area contributed by atoms with Crippen LogP contribution in [0.25, 0.3) is 0 Å². The number of halogens is 1. The molecule has 24 heavy (non-hydrogen) atoms. The highest BCUT2D eigenvalue weighted by Crippen LogP contribution is 2.26. The van der Waals surface area contributed by atoms with Crippen LogP contribution in [-0.2, 0) is 9.59 Å². The lowest BCUT2D eigenvalue weighted by Gasteiger charge is -2.14. The predicted molar refractivity (Wildman–Crippen MR) is 87.1 cm³/mol. The highest BCUT2D eigenvalue weighted by Gasteiger charge is 2.36. The van der Waals surface area contributed by atoms with Crippen LogP contribution in [0, 0.1) is 11.7 Å². The molecule has 0 saturated carbocycles. The van der Waals surface area contributed by atoms with E-state index in [9.17, 15) is 18.8 Å². The van der Waals surface area contributed by atoms with E-state index in [1.807, 2.05) is 0 Å². The zero-order chi connectivity index (χ0) is 17.3. The Bertz CT molecular complexity index is 817. The van der Waals surface area contributed by atoms with Gasteiger partial charge in [-0.2, -0.15) is 0 Å². The largest absolute Gasteiger partial charge is 0.322 e. The van der Waals surface area contributed by atoms with Gasteiger partial charge in [-0.3, -0.25) is 19.3 Å². The maximum absolute atomic E-state index is 13.1. The third kappa shape index (κ3) is 3.03. The number of hydrogen-bond acceptors (Lipinski definition) is 3. The molecule has 3 rings (SSSR count). The zero-order valence-corrected chi connectivity index (χ0v) is 13.0. The monoisotopic (exact) mass is 326 g/mol. The number of carbonyl (C=O) groups excluding carboxylic acids is 3. The summed E-state index contributed by atoms with van der Waals surface area (Å²) in [5.41, 5.74) is 1.13. The van der Waals surface area contributed by atoms with E-state index in [1.165, 1.54) is 30.3 Å². The first-order chi connectivity index (χ1) is 11.5. The molecule has 0 spiro atoms. The summed E-state index contributed by atoms with van der Waals surface area (Å²) in [5, 5.41) is 2.59. The van der Waals surface area contributed by atoms with Gasteiger partial charge in [0.2, 0.25) is 11.8 Å². The third-order valence-electron chi connectivity index (χ3n) is 3.84. The standard InChI is InChI=1S/C18H15FN2O3/c1-11-9-16(22)21(18(11)24)15-7-5-12(6-8-15)17(23)20-14-4-2-3-13(19)10-14/h2-8,10-11H,9H2,1H3,(H,20,23). The van der Waals surface area contributed by atoms with E-state index in [4.69, 9.17) is 0 Å². The van der Waals surface area contributed by atoms with E-state index in [-0.39, 0.29) is 24.2 Å². The molecule has 1 aliphatic heterocycles. The van der Waals surface area contributed by atoms with Crippen LogP contribution in [-0.4, -0.2) is 17.7 Å². The van der Waals surface area contributed by atoms with Gasteiger partial charge in [-0.1, -0.05) is 13.0 Å². The number of hydrogen-bond donors (Lipinski definition) is 1. The van der Waals surface area contributed by atoms with Crippen LogP contribution in [0.3, 0.4) is 0 Å². The van der Waals surface area contributed by atoms with Gasteiger partial charge in [-0.05, 0) is 42.5 Å². The Labute approximate surface area is 138 Å². The second kappa shape index (κ2) is 6.23. The molecule has 1 unspecified atom stereocenters. The first-order valence-electron chi connectivity index (χ1n) is 7.49. The highest BCUT2D eigenvalue weighted by molar-refractivity contribution is 6.20. The second-order valence-corrected chi connectivity index (χ2v) is 5.68. The van der Waals surface area contributed by atoms with Crippen molar-refractivity contribution >= 4 is 29.1 Å². The molecule has 2 aromatic rings. The average Bonchev–Trinajstić information content (AvgIpc) is 2.80. The lowest BCUT2D eigenvalue weighted by molar-refractivity contribution is -0.122. The van der Waals surface area contributed by atoms with Crippen LogP contribution in [0.2, 0.25) is 0 Å². The Hall–Kier alpha value is -3.02. The van der Waals surface area contributed by atoms with Gasteiger partial charge in [-0.25, -0.2) is 4.39 Å².